The van der Waals surface area contributed by atoms with Crippen LogP contribution in [0.1, 0.15) is 15.9 Å². The van der Waals surface area contributed by atoms with Crippen LogP contribution in [0.2, 0.25) is 5.02 Å². The largest absolute Gasteiger partial charge is 0.457 e. The third-order valence-corrected chi connectivity index (χ3v) is 4.06. The molecule has 1 N–H and O–H groups in total. The Morgan fingerprint density at radius 2 is 1.78 bits per heavy atom. The fourth-order valence-electron chi connectivity index (χ4n) is 2.42. The van der Waals surface area contributed by atoms with E-state index in [-0.39, 0.29) is 16.3 Å². The van der Waals surface area contributed by atoms with Gasteiger partial charge in [-0.05, 0) is 55.0 Å². The Balaban J connectivity index is 1.69. The Bertz CT molecular complexity index is 1000. The minimum absolute atomic E-state index is 0.0149. The first-order chi connectivity index (χ1) is 12.9. The molecular weight excluding hydrogens is 368 g/mol. The number of amides is 1. The SMILES string of the molecule is Cc1cccc(Oc2ccc(NC(=O)c3ccc([N+](=O)[O-])cc3Cl)cc2)c1. The first kappa shape index (κ1) is 18.4. The molecule has 6 nitrogen and oxygen atoms in total. The van der Waals surface area contributed by atoms with Gasteiger partial charge >= 0.3 is 0 Å². The number of nitrogens with zero attached hydrogens (tertiary/aromatic N) is 1. The van der Waals surface area contributed by atoms with Crippen molar-refractivity contribution in [3.63, 3.8) is 0 Å². The number of nitro groups is 1. The molecule has 0 spiro atoms. The average Bonchev–Trinajstić information content (AvgIpc) is 2.63. The van der Waals surface area contributed by atoms with Crippen molar-refractivity contribution in [2.45, 2.75) is 6.92 Å². The molecule has 1 amide bonds. The lowest BCUT2D eigenvalue weighted by Crippen LogP contribution is -2.12. The molecule has 0 aliphatic carbocycles. The van der Waals surface area contributed by atoms with Crippen LogP contribution in [0, 0.1) is 17.0 Å². The van der Waals surface area contributed by atoms with Gasteiger partial charge in [0.25, 0.3) is 11.6 Å². The van der Waals surface area contributed by atoms with Gasteiger partial charge in [0, 0.05) is 17.8 Å². The number of nitrogens with one attached hydrogen (secondary N) is 1. The minimum Gasteiger partial charge on any atom is -0.457 e. The van der Waals surface area contributed by atoms with Crippen LogP contribution in [0.5, 0.6) is 11.5 Å². The Kier molecular flexibility index (Phi) is 5.38. The molecule has 0 fully saturated rings. The maximum Gasteiger partial charge on any atom is 0.270 e. The highest BCUT2D eigenvalue weighted by molar-refractivity contribution is 6.34. The van der Waals surface area contributed by atoms with Gasteiger partial charge < -0.3 is 10.1 Å². The van der Waals surface area contributed by atoms with E-state index in [1.54, 1.807) is 24.3 Å². The van der Waals surface area contributed by atoms with Crippen molar-refractivity contribution in [2.24, 2.45) is 0 Å². The quantitative estimate of drug-likeness (QED) is 0.460. The van der Waals surface area contributed by atoms with Gasteiger partial charge in [-0.3, -0.25) is 14.9 Å². The van der Waals surface area contributed by atoms with Gasteiger partial charge in [-0.25, -0.2) is 0 Å². The molecule has 3 aromatic rings. The van der Waals surface area contributed by atoms with Crippen LogP contribution in [0.4, 0.5) is 11.4 Å². The van der Waals surface area contributed by atoms with Crippen LogP contribution in [-0.4, -0.2) is 10.8 Å². The molecule has 0 radical (unpaired) electrons. The molecule has 0 unspecified atom stereocenters. The van der Waals surface area contributed by atoms with Crippen molar-refractivity contribution in [3.05, 3.63) is 93.0 Å². The molecule has 136 valence electrons. The standard InChI is InChI=1S/C20H15ClN2O4/c1-13-3-2-4-17(11-13)27-16-8-5-14(6-9-16)22-20(24)18-10-7-15(23(25)26)12-19(18)21/h2-12H,1H3,(H,22,24). The normalized spacial score (nSPS) is 10.3. The Morgan fingerprint density at radius 3 is 2.41 bits per heavy atom. The highest BCUT2D eigenvalue weighted by atomic mass is 35.5. The second kappa shape index (κ2) is 7.88. The number of nitro benzene ring substituents is 1. The smallest absolute Gasteiger partial charge is 0.270 e. The predicted octanol–water partition coefficient (Wildman–Crippen LogP) is 5.60. The summed E-state index contributed by atoms with van der Waals surface area (Å²) in [4.78, 5) is 22.5. The zero-order chi connectivity index (χ0) is 19.4. The summed E-state index contributed by atoms with van der Waals surface area (Å²) in [6.45, 7) is 1.98. The predicted molar refractivity (Wildman–Crippen MR) is 104 cm³/mol. The van der Waals surface area contributed by atoms with E-state index in [0.29, 0.717) is 11.4 Å². The van der Waals surface area contributed by atoms with E-state index in [4.69, 9.17) is 16.3 Å². The van der Waals surface area contributed by atoms with Crippen molar-refractivity contribution in [3.8, 4) is 11.5 Å². The lowest BCUT2D eigenvalue weighted by molar-refractivity contribution is -0.384. The van der Waals surface area contributed by atoms with Gasteiger partial charge in [0.1, 0.15) is 11.5 Å². The second-order valence-electron chi connectivity index (χ2n) is 5.82. The van der Waals surface area contributed by atoms with Gasteiger partial charge in [0.15, 0.2) is 0 Å². The Labute approximate surface area is 160 Å². The van der Waals surface area contributed by atoms with E-state index in [9.17, 15) is 14.9 Å². The summed E-state index contributed by atoms with van der Waals surface area (Å²) in [5, 5.41) is 13.5. The number of aryl methyl sites for hydroxylation is 1. The monoisotopic (exact) mass is 382 g/mol. The number of non-ortho nitro benzene ring substituents is 1. The summed E-state index contributed by atoms with van der Waals surface area (Å²) in [7, 11) is 0. The molecule has 0 atom stereocenters. The van der Waals surface area contributed by atoms with E-state index in [0.717, 1.165) is 17.4 Å². The molecule has 0 saturated heterocycles. The molecule has 0 aliphatic heterocycles. The van der Waals surface area contributed by atoms with Crippen LogP contribution >= 0.6 is 11.6 Å². The number of carbonyl (C=O) groups excluding carboxylic acids is 1. The van der Waals surface area contributed by atoms with Gasteiger partial charge in [0.05, 0.1) is 15.5 Å². The molecular formula is C20H15ClN2O4. The van der Waals surface area contributed by atoms with Gasteiger partial charge in [0.2, 0.25) is 0 Å². The number of halogens is 1. The average molecular weight is 383 g/mol. The van der Waals surface area contributed by atoms with E-state index >= 15 is 0 Å². The molecule has 0 aliphatic rings. The number of hydrogen-bond donors (Lipinski definition) is 1. The van der Waals surface area contributed by atoms with Crippen molar-refractivity contribution >= 4 is 28.9 Å². The molecule has 0 aromatic heterocycles. The highest BCUT2D eigenvalue weighted by Gasteiger charge is 2.15. The maximum absolute atomic E-state index is 12.3. The fourth-order valence-corrected chi connectivity index (χ4v) is 2.68. The zero-order valence-electron chi connectivity index (χ0n) is 14.3. The van der Waals surface area contributed by atoms with Crippen LogP contribution in [-0.2, 0) is 0 Å². The third kappa shape index (κ3) is 4.62. The van der Waals surface area contributed by atoms with Crippen LogP contribution in [0.25, 0.3) is 0 Å². The molecule has 0 saturated carbocycles. The number of benzene rings is 3. The van der Waals surface area contributed by atoms with E-state index in [1.807, 2.05) is 31.2 Å². The lowest BCUT2D eigenvalue weighted by Gasteiger charge is -2.09. The number of anilines is 1. The summed E-state index contributed by atoms with van der Waals surface area (Å²) >= 11 is 5.98. The first-order valence-electron chi connectivity index (χ1n) is 8.02. The topological polar surface area (TPSA) is 81.5 Å². The first-order valence-corrected chi connectivity index (χ1v) is 8.40. The van der Waals surface area contributed by atoms with E-state index in [2.05, 4.69) is 5.32 Å². The van der Waals surface area contributed by atoms with Gasteiger partial charge in [-0.2, -0.15) is 0 Å². The van der Waals surface area contributed by atoms with Gasteiger partial charge in [-0.15, -0.1) is 0 Å². The number of rotatable bonds is 5. The number of hydrogen-bond acceptors (Lipinski definition) is 4. The summed E-state index contributed by atoms with van der Waals surface area (Å²) in [5.41, 5.74) is 1.62. The van der Waals surface area contributed by atoms with Crippen molar-refractivity contribution in [1.29, 1.82) is 0 Å². The molecule has 0 bridgehead atoms. The highest BCUT2D eigenvalue weighted by Crippen LogP contribution is 2.26. The fraction of sp³-hybridized carbons (Fsp3) is 0.0500. The summed E-state index contributed by atoms with van der Waals surface area (Å²) in [6.07, 6.45) is 0. The lowest BCUT2D eigenvalue weighted by atomic mass is 10.2. The Hall–Kier alpha value is -3.38. The third-order valence-electron chi connectivity index (χ3n) is 3.75. The maximum atomic E-state index is 12.3. The van der Waals surface area contributed by atoms with Crippen LogP contribution in [0.15, 0.2) is 66.7 Å². The molecule has 0 heterocycles. The number of ether oxygens (including phenoxy) is 1. The van der Waals surface area contributed by atoms with Gasteiger partial charge in [-0.1, -0.05) is 23.7 Å². The van der Waals surface area contributed by atoms with E-state index < -0.39 is 10.8 Å². The van der Waals surface area contributed by atoms with Crippen LogP contribution in [0.3, 0.4) is 0 Å². The van der Waals surface area contributed by atoms with Crippen LogP contribution < -0.4 is 10.1 Å². The molecule has 3 aromatic carbocycles. The van der Waals surface area contributed by atoms with E-state index in [1.165, 1.54) is 12.1 Å². The molecule has 7 heteroatoms. The summed E-state index contributed by atoms with van der Waals surface area (Å²) in [6, 6.07) is 18.2. The second-order valence-corrected chi connectivity index (χ2v) is 6.23. The zero-order valence-corrected chi connectivity index (χ0v) is 15.1. The summed E-state index contributed by atoms with van der Waals surface area (Å²) in [5.74, 6) is 0.902. The Morgan fingerprint density at radius 1 is 1.04 bits per heavy atom. The summed E-state index contributed by atoms with van der Waals surface area (Å²) < 4.78 is 5.76. The minimum atomic E-state index is -0.569. The van der Waals surface area contributed by atoms with Crippen molar-refractivity contribution in [1.82, 2.24) is 0 Å². The molecule has 27 heavy (non-hydrogen) atoms. The molecule has 3 rings (SSSR count). The van der Waals surface area contributed by atoms with Crippen molar-refractivity contribution < 1.29 is 14.5 Å². The number of carbonyl (C=O) groups is 1. The van der Waals surface area contributed by atoms with Crippen molar-refractivity contribution in [2.75, 3.05) is 5.32 Å².